The summed E-state index contributed by atoms with van der Waals surface area (Å²) in [4.78, 5) is 0. The average Bonchev–Trinajstić information content (AvgIpc) is 1.82. The minimum atomic E-state index is 0.263. The lowest BCUT2D eigenvalue weighted by Gasteiger charge is -2.11. The van der Waals surface area contributed by atoms with Crippen molar-refractivity contribution in [3.63, 3.8) is 0 Å². The smallest absolute Gasteiger partial charge is 0.0103 e. The molecule has 0 aromatic rings. The van der Waals surface area contributed by atoms with Gasteiger partial charge in [0.1, 0.15) is 0 Å². The van der Waals surface area contributed by atoms with Gasteiger partial charge in [0.05, 0.1) is 0 Å². The minimum Gasteiger partial charge on any atom is -0.327 e. The first-order valence-corrected chi connectivity index (χ1v) is 3.28. The van der Waals surface area contributed by atoms with Crippen LogP contribution < -0.4 is 5.73 Å². The molecule has 52 valence electrons. The van der Waals surface area contributed by atoms with E-state index in [1.54, 1.807) is 0 Å². The summed E-state index contributed by atoms with van der Waals surface area (Å²) in [6.07, 6.45) is 2.77. The van der Waals surface area contributed by atoms with E-state index in [1.807, 2.05) is 6.08 Å². The second-order valence-corrected chi connectivity index (χ2v) is 2.55. The molecule has 0 aliphatic heterocycles. The van der Waals surface area contributed by atoms with Crippen LogP contribution in [0.4, 0.5) is 0 Å². The van der Waals surface area contributed by atoms with E-state index in [0.717, 1.165) is 6.42 Å². The van der Waals surface area contributed by atoms with Crippen molar-refractivity contribution >= 4 is 0 Å². The third-order valence-electron chi connectivity index (χ3n) is 1.39. The molecular formula is C8H15N. The van der Waals surface area contributed by atoms with Gasteiger partial charge in [-0.2, -0.15) is 0 Å². The number of rotatable bonds is 3. The molecule has 0 heterocycles. The molecular weight excluding hydrogens is 110 g/mol. The Morgan fingerprint density at radius 1 is 1.67 bits per heavy atom. The van der Waals surface area contributed by atoms with Gasteiger partial charge in [-0.15, -0.1) is 5.73 Å². The summed E-state index contributed by atoms with van der Waals surface area (Å²) >= 11 is 0. The molecule has 0 bridgehead atoms. The van der Waals surface area contributed by atoms with E-state index in [4.69, 9.17) is 5.73 Å². The van der Waals surface area contributed by atoms with Crippen LogP contribution >= 0.6 is 0 Å². The Kier molecular flexibility index (Phi) is 4.12. The number of nitrogens with two attached hydrogens (primary N) is 1. The Hall–Kier alpha value is -0.520. The summed E-state index contributed by atoms with van der Waals surface area (Å²) in [5, 5.41) is 0. The molecule has 1 unspecified atom stereocenters. The summed E-state index contributed by atoms with van der Waals surface area (Å²) in [5.74, 6) is 0.551. The van der Waals surface area contributed by atoms with Gasteiger partial charge in [-0.25, -0.2) is 0 Å². The van der Waals surface area contributed by atoms with Gasteiger partial charge in [-0.3, -0.25) is 0 Å². The molecule has 2 N–H and O–H groups in total. The Morgan fingerprint density at radius 2 is 2.22 bits per heavy atom. The van der Waals surface area contributed by atoms with Crippen LogP contribution in [0, 0.1) is 5.92 Å². The van der Waals surface area contributed by atoms with Crippen molar-refractivity contribution in [3.05, 3.63) is 18.4 Å². The van der Waals surface area contributed by atoms with E-state index in [9.17, 15) is 0 Å². The van der Waals surface area contributed by atoms with Gasteiger partial charge in [-0.1, -0.05) is 20.4 Å². The minimum absolute atomic E-state index is 0.263. The van der Waals surface area contributed by atoms with Crippen LogP contribution in [0.15, 0.2) is 18.4 Å². The summed E-state index contributed by atoms with van der Waals surface area (Å²) in [6.45, 7) is 7.68. The van der Waals surface area contributed by atoms with Crippen LogP contribution in [0.5, 0.6) is 0 Å². The molecule has 0 aliphatic carbocycles. The molecule has 1 nitrogen and oxygen atoms in total. The zero-order valence-corrected chi connectivity index (χ0v) is 6.22. The summed E-state index contributed by atoms with van der Waals surface area (Å²) in [5.41, 5.74) is 8.40. The molecule has 0 amide bonds. The molecule has 0 saturated heterocycles. The lowest BCUT2D eigenvalue weighted by molar-refractivity contribution is 0.497. The Bertz CT molecular complexity index is 110. The van der Waals surface area contributed by atoms with Crippen molar-refractivity contribution in [2.24, 2.45) is 11.7 Å². The highest BCUT2D eigenvalue weighted by atomic mass is 14.6. The monoisotopic (exact) mass is 125 g/mol. The highest BCUT2D eigenvalue weighted by molar-refractivity contribution is 4.82. The second kappa shape index (κ2) is 4.37. The summed E-state index contributed by atoms with van der Waals surface area (Å²) in [7, 11) is 0. The van der Waals surface area contributed by atoms with E-state index < -0.39 is 0 Å². The largest absolute Gasteiger partial charge is 0.327 e. The van der Waals surface area contributed by atoms with Crippen LogP contribution in [0.1, 0.15) is 20.3 Å². The van der Waals surface area contributed by atoms with Gasteiger partial charge in [0.25, 0.3) is 0 Å². The van der Waals surface area contributed by atoms with Gasteiger partial charge in [0, 0.05) is 6.04 Å². The standard InChI is InChI=1S/C8H15N/c1-4-5-6-8(9)7(2)3/h5,7-8H,1,6,9H2,2-3H3. The van der Waals surface area contributed by atoms with Crippen molar-refractivity contribution in [2.75, 3.05) is 0 Å². The molecule has 0 rings (SSSR count). The summed E-state index contributed by atoms with van der Waals surface area (Å²) in [6, 6.07) is 0.263. The molecule has 0 aliphatic rings. The first-order chi connectivity index (χ1) is 4.18. The fraction of sp³-hybridized carbons (Fsp3) is 0.625. The quantitative estimate of drug-likeness (QED) is 0.571. The van der Waals surface area contributed by atoms with Crippen molar-refractivity contribution in [1.82, 2.24) is 0 Å². The lowest BCUT2D eigenvalue weighted by Crippen LogP contribution is -2.25. The van der Waals surface area contributed by atoms with Crippen molar-refractivity contribution in [3.8, 4) is 0 Å². The normalized spacial score (nSPS) is 12.9. The average molecular weight is 125 g/mol. The molecule has 1 heteroatoms. The Balaban J connectivity index is 3.49. The van der Waals surface area contributed by atoms with Crippen LogP contribution in [0.2, 0.25) is 0 Å². The number of hydrogen-bond donors (Lipinski definition) is 1. The first-order valence-electron chi connectivity index (χ1n) is 3.28. The third-order valence-corrected chi connectivity index (χ3v) is 1.39. The fourth-order valence-electron chi connectivity index (χ4n) is 0.492. The SMILES string of the molecule is C=C=CCC(N)C(C)C. The molecule has 0 aromatic heterocycles. The lowest BCUT2D eigenvalue weighted by atomic mass is 10.0. The predicted molar refractivity (Wildman–Crippen MR) is 41.1 cm³/mol. The molecule has 0 fully saturated rings. The van der Waals surface area contributed by atoms with Gasteiger partial charge >= 0.3 is 0 Å². The highest BCUT2D eigenvalue weighted by Gasteiger charge is 2.03. The topological polar surface area (TPSA) is 26.0 Å². The van der Waals surface area contributed by atoms with E-state index in [2.05, 4.69) is 26.2 Å². The Labute approximate surface area is 57.3 Å². The molecule has 0 spiro atoms. The van der Waals surface area contributed by atoms with Gasteiger partial charge in [0.15, 0.2) is 0 Å². The van der Waals surface area contributed by atoms with Crippen LogP contribution in [0.25, 0.3) is 0 Å². The zero-order chi connectivity index (χ0) is 7.28. The van der Waals surface area contributed by atoms with Crippen LogP contribution in [-0.4, -0.2) is 6.04 Å². The summed E-state index contributed by atoms with van der Waals surface area (Å²) < 4.78 is 0. The first kappa shape index (κ1) is 8.48. The van der Waals surface area contributed by atoms with Gasteiger partial charge in [0.2, 0.25) is 0 Å². The van der Waals surface area contributed by atoms with E-state index in [0.29, 0.717) is 5.92 Å². The molecule has 9 heavy (non-hydrogen) atoms. The molecule has 1 atom stereocenters. The van der Waals surface area contributed by atoms with Crippen LogP contribution in [0.3, 0.4) is 0 Å². The maximum Gasteiger partial charge on any atom is 0.0103 e. The molecule has 0 saturated carbocycles. The van der Waals surface area contributed by atoms with E-state index in [1.165, 1.54) is 0 Å². The maximum absolute atomic E-state index is 5.70. The van der Waals surface area contributed by atoms with Crippen molar-refractivity contribution in [2.45, 2.75) is 26.3 Å². The third kappa shape index (κ3) is 4.01. The van der Waals surface area contributed by atoms with E-state index in [-0.39, 0.29) is 6.04 Å². The van der Waals surface area contributed by atoms with Crippen molar-refractivity contribution < 1.29 is 0 Å². The predicted octanol–water partition coefficient (Wildman–Crippen LogP) is 1.70. The second-order valence-electron chi connectivity index (χ2n) is 2.55. The van der Waals surface area contributed by atoms with E-state index >= 15 is 0 Å². The number of hydrogen-bond acceptors (Lipinski definition) is 1. The van der Waals surface area contributed by atoms with Crippen LogP contribution in [-0.2, 0) is 0 Å². The zero-order valence-electron chi connectivity index (χ0n) is 6.22. The Morgan fingerprint density at radius 3 is 2.56 bits per heavy atom. The van der Waals surface area contributed by atoms with Gasteiger partial charge in [-0.05, 0) is 18.4 Å². The maximum atomic E-state index is 5.70. The van der Waals surface area contributed by atoms with Crippen molar-refractivity contribution in [1.29, 1.82) is 0 Å². The molecule has 0 radical (unpaired) electrons. The fourth-order valence-corrected chi connectivity index (χ4v) is 0.492. The van der Waals surface area contributed by atoms with Gasteiger partial charge < -0.3 is 5.73 Å². The highest BCUT2D eigenvalue weighted by Crippen LogP contribution is 2.01. The molecule has 0 aromatic carbocycles.